The summed E-state index contributed by atoms with van der Waals surface area (Å²) in [4.78, 5) is 62.0. The minimum Gasteiger partial charge on any atom is -0.462 e. The van der Waals surface area contributed by atoms with Gasteiger partial charge >= 0.3 is 5.97 Å². The van der Waals surface area contributed by atoms with Crippen LogP contribution in [0.5, 0.6) is 0 Å². The van der Waals surface area contributed by atoms with Gasteiger partial charge in [-0.2, -0.15) is 0 Å². The summed E-state index contributed by atoms with van der Waals surface area (Å²) in [5, 5.41) is 16.0. The summed E-state index contributed by atoms with van der Waals surface area (Å²) in [6, 6.07) is 9.59. The van der Waals surface area contributed by atoms with Crippen molar-refractivity contribution in [3.8, 4) is 11.1 Å². The summed E-state index contributed by atoms with van der Waals surface area (Å²) in [6.45, 7) is 1.89. The van der Waals surface area contributed by atoms with Crippen molar-refractivity contribution >= 4 is 45.7 Å². The molecule has 10 nitrogen and oxygen atoms in total. The topological polar surface area (TPSA) is 136 Å². The Labute approximate surface area is 226 Å². The zero-order chi connectivity index (χ0) is 28.1. The summed E-state index contributed by atoms with van der Waals surface area (Å²) in [5.74, 6) is -2.61. The second-order valence-corrected chi connectivity index (χ2v) is 9.54. The van der Waals surface area contributed by atoms with Crippen LogP contribution < -0.4 is 5.32 Å². The SMILES string of the molecule is CCOC(=O)c1c(-c2ccc(F)cc2)csc1NC(=O)CCCCCN1C(=O)c2cccc([N+](=O)[O-])c2C1=O. The second kappa shape index (κ2) is 11.9. The van der Waals surface area contributed by atoms with Crippen LogP contribution in [0.25, 0.3) is 11.1 Å². The summed E-state index contributed by atoms with van der Waals surface area (Å²) in [5.41, 5.74) is 0.747. The minimum atomic E-state index is -0.693. The van der Waals surface area contributed by atoms with Crippen molar-refractivity contribution < 1.29 is 33.2 Å². The van der Waals surface area contributed by atoms with E-state index in [-0.39, 0.29) is 42.2 Å². The molecule has 202 valence electrons. The van der Waals surface area contributed by atoms with Crippen molar-refractivity contribution in [1.82, 2.24) is 4.90 Å². The van der Waals surface area contributed by atoms with Gasteiger partial charge in [-0.05, 0) is 43.5 Å². The standard InChI is InChI=1S/C27H24FN3O7S/c1-2-38-27(35)23-19(16-10-12-17(28)13-11-16)15-39-24(23)29-21(32)9-4-3-5-14-30-25(33)18-7-6-8-20(31(36)37)22(18)26(30)34/h6-8,10-13,15H,2-5,9,14H2,1H3,(H,29,32). The van der Waals surface area contributed by atoms with E-state index in [1.165, 1.54) is 42.5 Å². The van der Waals surface area contributed by atoms with E-state index in [0.717, 1.165) is 16.2 Å². The van der Waals surface area contributed by atoms with Gasteiger partial charge in [0.2, 0.25) is 5.91 Å². The summed E-state index contributed by atoms with van der Waals surface area (Å²) in [7, 11) is 0. The van der Waals surface area contributed by atoms with Gasteiger partial charge in [0, 0.05) is 30.0 Å². The van der Waals surface area contributed by atoms with Crippen molar-refractivity contribution in [3.63, 3.8) is 0 Å². The number of nitrogens with one attached hydrogen (secondary N) is 1. The molecule has 0 radical (unpaired) electrons. The predicted molar refractivity (Wildman–Crippen MR) is 141 cm³/mol. The number of rotatable bonds is 11. The van der Waals surface area contributed by atoms with Gasteiger partial charge in [0.05, 0.1) is 17.1 Å². The Morgan fingerprint density at radius 3 is 2.49 bits per heavy atom. The van der Waals surface area contributed by atoms with Gasteiger partial charge in [-0.1, -0.05) is 24.6 Å². The number of unbranched alkanes of at least 4 members (excludes halogenated alkanes) is 2. The van der Waals surface area contributed by atoms with Crippen molar-refractivity contribution in [2.24, 2.45) is 0 Å². The van der Waals surface area contributed by atoms with Crippen LogP contribution in [-0.2, 0) is 9.53 Å². The van der Waals surface area contributed by atoms with Crippen molar-refractivity contribution in [2.45, 2.75) is 32.6 Å². The first kappa shape index (κ1) is 27.6. The molecule has 0 aliphatic carbocycles. The third-order valence-corrected chi connectivity index (χ3v) is 7.03. The molecule has 0 fully saturated rings. The lowest BCUT2D eigenvalue weighted by Gasteiger charge is -2.13. The Balaban J connectivity index is 1.32. The number of fused-ring (bicyclic) bond motifs is 1. The lowest BCUT2D eigenvalue weighted by Crippen LogP contribution is -2.30. The highest BCUT2D eigenvalue weighted by molar-refractivity contribution is 7.15. The summed E-state index contributed by atoms with van der Waals surface area (Å²) >= 11 is 1.16. The first-order chi connectivity index (χ1) is 18.7. The lowest BCUT2D eigenvalue weighted by molar-refractivity contribution is -0.385. The Morgan fingerprint density at radius 2 is 1.79 bits per heavy atom. The van der Waals surface area contributed by atoms with E-state index in [2.05, 4.69) is 5.32 Å². The van der Waals surface area contributed by atoms with Crippen LogP contribution in [0.2, 0.25) is 0 Å². The molecule has 3 aromatic rings. The fourth-order valence-corrected chi connectivity index (χ4v) is 5.26. The van der Waals surface area contributed by atoms with Crippen molar-refractivity contribution in [1.29, 1.82) is 0 Å². The molecule has 12 heteroatoms. The van der Waals surface area contributed by atoms with Gasteiger partial charge < -0.3 is 10.1 Å². The van der Waals surface area contributed by atoms with E-state index in [0.29, 0.717) is 35.4 Å². The first-order valence-corrected chi connectivity index (χ1v) is 13.1. The summed E-state index contributed by atoms with van der Waals surface area (Å²) < 4.78 is 18.5. The van der Waals surface area contributed by atoms with Gasteiger partial charge in [0.25, 0.3) is 17.5 Å². The average molecular weight is 554 g/mol. The van der Waals surface area contributed by atoms with E-state index in [4.69, 9.17) is 4.74 Å². The van der Waals surface area contributed by atoms with E-state index < -0.39 is 34.2 Å². The molecule has 3 amide bonds. The molecule has 0 saturated carbocycles. The molecule has 39 heavy (non-hydrogen) atoms. The van der Waals surface area contributed by atoms with Crippen LogP contribution in [0.1, 0.15) is 63.7 Å². The van der Waals surface area contributed by atoms with E-state index >= 15 is 0 Å². The molecule has 2 heterocycles. The Morgan fingerprint density at radius 1 is 1.05 bits per heavy atom. The number of benzene rings is 2. The third kappa shape index (κ3) is 5.85. The normalized spacial score (nSPS) is 12.4. The molecular weight excluding hydrogens is 529 g/mol. The second-order valence-electron chi connectivity index (χ2n) is 8.66. The number of ether oxygens (including phenoxy) is 1. The van der Waals surface area contributed by atoms with Gasteiger partial charge in [-0.15, -0.1) is 11.3 Å². The Hall–Kier alpha value is -4.45. The molecule has 2 aromatic carbocycles. The molecule has 1 aromatic heterocycles. The largest absolute Gasteiger partial charge is 0.462 e. The Bertz CT molecular complexity index is 1450. The number of esters is 1. The molecule has 0 unspecified atom stereocenters. The molecule has 4 rings (SSSR count). The van der Waals surface area contributed by atoms with Gasteiger partial charge in [-0.3, -0.25) is 29.4 Å². The number of hydrogen-bond donors (Lipinski definition) is 1. The molecule has 0 bridgehead atoms. The zero-order valence-corrected chi connectivity index (χ0v) is 21.7. The van der Waals surface area contributed by atoms with E-state index in [1.807, 2.05) is 0 Å². The van der Waals surface area contributed by atoms with Crippen LogP contribution in [-0.4, -0.2) is 46.7 Å². The zero-order valence-electron chi connectivity index (χ0n) is 20.9. The fourth-order valence-electron chi connectivity index (χ4n) is 4.29. The number of amides is 3. The molecule has 0 saturated heterocycles. The van der Waals surface area contributed by atoms with Gasteiger partial charge in [-0.25, -0.2) is 9.18 Å². The highest BCUT2D eigenvalue weighted by Gasteiger charge is 2.40. The smallest absolute Gasteiger partial charge is 0.341 e. The molecule has 1 aliphatic rings. The van der Waals surface area contributed by atoms with Crippen LogP contribution >= 0.6 is 11.3 Å². The van der Waals surface area contributed by atoms with E-state index in [9.17, 15) is 33.7 Å². The summed E-state index contributed by atoms with van der Waals surface area (Å²) in [6.07, 6.45) is 1.49. The molecule has 1 N–H and O–H groups in total. The number of carbonyl (C=O) groups is 4. The number of halogens is 1. The molecule has 0 spiro atoms. The third-order valence-electron chi connectivity index (χ3n) is 6.14. The maximum atomic E-state index is 13.4. The maximum absolute atomic E-state index is 13.4. The molecular formula is C27H24FN3O7S. The molecule has 0 atom stereocenters. The van der Waals surface area contributed by atoms with Crippen LogP contribution in [0, 0.1) is 15.9 Å². The predicted octanol–water partition coefficient (Wildman–Crippen LogP) is 5.43. The number of nitro groups is 1. The monoisotopic (exact) mass is 553 g/mol. The number of anilines is 1. The Kier molecular flexibility index (Phi) is 8.45. The lowest BCUT2D eigenvalue weighted by atomic mass is 10.0. The van der Waals surface area contributed by atoms with Crippen LogP contribution in [0.15, 0.2) is 47.8 Å². The number of thiophene rings is 1. The van der Waals surface area contributed by atoms with Crippen LogP contribution in [0.3, 0.4) is 0 Å². The number of carbonyl (C=O) groups excluding carboxylic acids is 4. The number of imide groups is 1. The average Bonchev–Trinajstić information content (AvgIpc) is 3.43. The van der Waals surface area contributed by atoms with Gasteiger partial charge in [0.1, 0.15) is 21.9 Å². The van der Waals surface area contributed by atoms with Crippen molar-refractivity contribution in [2.75, 3.05) is 18.5 Å². The first-order valence-electron chi connectivity index (χ1n) is 12.2. The quantitative estimate of drug-likeness (QED) is 0.110. The van der Waals surface area contributed by atoms with Crippen molar-refractivity contribution in [3.05, 3.63) is 80.5 Å². The highest BCUT2D eigenvalue weighted by atomic mass is 32.1. The maximum Gasteiger partial charge on any atom is 0.341 e. The van der Waals surface area contributed by atoms with Crippen LogP contribution in [0.4, 0.5) is 15.1 Å². The van der Waals surface area contributed by atoms with Gasteiger partial charge in [0.15, 0.2) is 0 Å². The number of nitro benzene ring substituents is 1. The van der Waals surface area contributed by atoms with E-state index in [1.54, 1.807) is 12.3 Å². The minimum absolute atomic E-state index is 0.0157. The highest BCUT2D eigenvalue weighted by Crippen LogP contribution is 2.36. The molecule has 1 aliphatic heterocycles. The fraction of sp³-hybridized carbons (Fsp3) is 0.259. The number of hydrogen-bond acceptors (Lipinski definition) is 8. The number of nitrogens with zero attached hydrogens (tertiary/aromatic N) is 2.